The van der Waals surface area contributed by atoms with Gasteiger partial charge in [0.25, 0.3) is 0 Å². The van der Waals surface area contributed by atoms with E-state index in [2.05, 4.69) is 0 Å². The van der Waals surface area contributed by atoms with Gasteiger partial charge in [-0.3, -0.25) is 0 Å². The molecule has 8 rings (SSSR count). The summed E-state index contributed by atoms with van der Waals surface area (Å²) in [6, 6.07) is 25.9. The summed E-state index contributed by atoms with van der Waals surface area (Å²) < 4.78 is 0. The number of phenols is 8. The average Bonchev–Trinajstić information content (AvgIpc) is 3.34. The van der Waals surface area contributed by atoms with Crippen molar-refractivity contribution in [3.63, 3.8) is 0 Å². The molecule has 8 nitrogen and oxygen atoms in total. The molecule has 8 aromatic carbocycles. The first-order valence-electron chi connectivity index (χ1n) is 20.9. The third kappa shape index (κ3) is 17.0. The van der Waals surface area contributed by atoms with Gasteiger partial charge in [-0.25, -0.2) is 0 Å². The molecule has 8 aromatic rings. The lowest BCUT2D eigenvalue weighted by molar-refractivity contribution is 0.458. The van der Waals surface area contributed by atoms with E-state index in [1.165, 1.54) is 42.1 Å². The molecule has 0 spiro atoms. The molecule has 8 N–H and O–H groups in total. The van der Waals surface area contributed by atoms with E-state index in [9.17, 15) is 40.9 Å². The van der Waals surface area contributed by atoms with Crippen molar-refractivity contribution in [2.45, 2.75) is 66.9 Å². The van der Waals surface area contributed by atoms with E-state index in [4.69, 9.17) is 139 Å². The van der Waals surface area contributed by atoms with Gasteiger partial charge in [0.2, 0.25) is 0 Å². The minimum atomic E-state index is -0.246. The van der Waals surface area contributed by atoms with Gasteiger partial charge in [0.05, 0.1) is 84.4 Å². The Hall–Kier alpha value is -2.96. The standard InChI is InChI=1S/C13H7Cl5O2S.2C13H9Cl3O2S.C13H11ClO2S/c1-4-2-6(15)10(19)12(8(4)17)21-13-9(18)5(14)3-7(16)11(13)20;2*1-6-2-8(15)12(17)10(3-6)19-11-5-7(14)4-9(16)13(11)18;1-8-2-4-10(15)12(6-8)17-13-7-9(14)3-5-11(13)16/h2-3,19-20H,1H3;2*2-5,17-18H,1H3;2-7,15-16H,1H3. The maximum Gasteiger partial charge on any atom is 0.149 e. The van der Waals surface area contributed by atoms with Crippen LogP contribution in [-0.2, 0) is 0 Å². The van der Waals surface area contributed by atoms with E-state index in [1.54, 1.807) is 61.5 Å². The number of halogens is 12. The summed E-state index contributed by atoms with van der Waals surface area (Å²) in [7, 11) is 0. The van der Waals surface area contributed by atoms with Gasteiger partial charge >= 0.3 is 0 Å². The lowest BCUT2D eigenvalue weighted by atomic mass is 10.2. The van der Waals surface area contributed by atoms with E-state index < -0.39 is 0 Å². The van der Waals surface area contributed by atoms with Crippen molar-refractivity contribution in [1.29, 1.82) is 0 Å². The minimum Gasteiger partial charge on any atom is -0.507 e. The van der Waals surface area contributed by atoms with Crippen LogP contribution in [-0.4, -0.2) is 40.9 Å². The number of rotatable bonds is 8. The summed E-state index contributed by atoms with van der Waals surface area (Å²) in [4.78, 5) is 3.73. The monoisotopic (exact) mass is 1340 g/mol. The van der Waals surface area contributed by atoms with E-state index in [1.807, 2.05) is 32.9 Å². The van der Waals surface area contributed by atoms with Crippen LogP contribution in [0.5, 0.6) is 46.0 Å². The normalized spacial score (nSPS) is 10.7. The second-order valence-electron chi connectivity index (χ2n) is 15.6. The van der Waals surface area contributed by atoms with Gasteiger partial charge in [0.15, 0.2) is 0 Å². The smallest absolute Gasteiger partial charge is 0.149 e. The highest BCUT2D eigenvalue weighted by Crippen LogP contribution is 2.53. The Morgan fingerprint density at radius 2 is 0.618 bits per heavy atom. The molecule has 400 valence electrons. The van der Waals surface area contributed by atoms with Gasteiger partial charge in [0.1, 0.15) is 46.0 Å². The van der Waals surface area contributed by atoms with Crippen LogP contribution in [0, 0.1) is 27.7 Å². The zero-order valence-electron chi connectivity index (χ0n) is 39.0. The van der Waals surface area contributed by atoms with Crippen molar-refractivity contribution in [2.24, 2.45) is 0 Å². The fourth-order valence-corrected chi connectivity index (χ4v) is 13.8. The van der Waals surface area contributed by atoms with Crippen LogP contribution >= 0.6 is 186 Å². The first kappa shape index (κ1) is 63.9. The van der Waals surface area contributed by atoms with Crippen molar-refractivity contribution in [2.75, 3.05) is 0 Å². The predicted molar refractivity (Wildman–Crippen MR) is 320 cm³/mol. The second-order valence-corrected chi connectivity index (χ2v) is 24.8. The highest BCUT2D eigenvalue weighted by molar-refractivity contribution is 8.00. The van der Waals surface area contributed by atoms with Gasteiger partial charge in [-0.2, -0.15) is 0 Å². The van der Waals surface area contributed by atoms with Crippen LogP contribution in [0.1, 0.15) is 22.3 Å². The van der Waals surface area contributed by atoms with Gasteiger partial charge in [0, 0.05) is 15.1 Å². The van der Waals surface area contributed by atoms with Crippen molar-refractivity contribution in [3.05, 3.63) is 180 Å². The van der Waals surface area contributed by atoms with Crippen LogP contribution in [0.3, 0.4) is 0 Å². The Kier molecular flexibility index (Phi) is 23.9. The Bertz CT molecular complexity index is 3090. The van der Waals surface area contributed by atoms with Crippen molar-refractivity contribution >= 4 is 186 Å². The molecule has 76 heavy (non-hydrogen) atoms. The summed E-state index contributed by atoms with van der Waals surface area (Å²) in [5.74, 6) is -0.324. The molecule has 0 aliphatic carbocycles. The quantitative estimate of drug-likeness (QED) is 0.0681. The van der Waals surface area contributed by atoms with E-state index in [0.717, 1.165) is 52.0 Å². The molecule has 0 saturated carbocycles. The number of hydrogen-bond donors (Lipinski definition) is 8. The third-order valence-electron chi connectivity index (χ3n) is 9.67. The third-order valence-corrected chi connectivity index (χ3v) is 18.0. The number of phenolic OH excluding ortho intramolecular Hbond substituents is 8. The molecule has 0 bridgehead atoms. The van der Waals surface area contributed by atoms with Gasteiger partial charge in [-0.05, 0) is 141 Å². The summed E-state index contributed by atoms with van der Waals surface area (Å²) >= 11 is 75.7. The molecular weight excluding hydrogens is 1310 g/mol. The van der Waals surface area contributed by atoms with Crippen LogP contribution in [0.2, 0.25) is 60.3 Å². The number of aryl methyl sites for hydroxylation is 4. The summed E-state index contributed by atoms with van der Waals surface area (Å²) in [6.45, 7) is 7.41. The van der Waals surface area contributed by atoms with Crippen LogP contribution < -0.4 is 0 Å². The first-order valence-corrected chi connectivity index (χ1v) is 28.7. The Balaban J connectivity index is 0.000000188. The molecule has 0 heterocycles. The topological polar surface area (TPSA) is 162 Å². The number of aromatic hydroxyl groups is 8. The Morgan fingerprint density at radius 1 is 0.276 bits per heavy atom. The van der Waals surface area contributed by atoms with Crippen LogP contribution in [0.4, 0.5) is 0 Å². The zero-order chi connectivity index (χ0) is 56.6. The number of benzene rings is 8. The first-order chi connectivity index (χ1) is 35.6. The molecule has 0 saturated heterocycles. The zero-order valence-corrected chi connectivity index (χ0v) is 51.3. The van der Waals surface area contributed by atoms with E-state index >= 15 is 0 Å². The van der Waals surface area contributed by atoms with E-state index in [0.29, 0.717) is 55.0 Å². The second kappa shape index (κ2) is 28.5. The lowest BCUT2D eigenvalue weighted by Gasteiger charge is -2.14. The van der Waals surface area contributed by atoms with Gasteiger partial charge < -0.3 is 40.9 Å². The van der Waals surface area contributed by atoms with Crippen molar-refractivity contribution in [3.8, 4) is 46.0 Å². The van der Waals surface area contributed by atoms with Gasteiger partial charge in [-0.15, -0.1) is 0 Å². The maximum absolute atomic E-state index is 10.1. The summed E-state index contributed by atoms with van der Waals surface area (Å²) in [5.41, 5.74) is 3.52. The molecular formula is C52H36Cl12O8S4. The molecule has 0 unspecified atom stereocenters. The average molecular weight is 1340 g/mol. The van der Waals surface area contributed by atoms with Gasteiger partial charge in [-0.1, -0.05) is 192 Å². The maximum atomic E-state index is 10.1. The fourth-order valence-electron chi connectivity index (χ4n) is 6.00. The van der Waals surface area contributed by atoms with E-state index in [-0.39, 0.29) is 96.0 Å². The largest absolute Gasteiger partial charge is 0.507 e. The summed E-state index contributed by atoms with van der Waals surface area (Å²) in [6.07, 6.45) is 0. The molecule has 0 fully saturated rings. The molecule has 0 aliphatic heterocycles. The van der Waals surface area contributed by atoms with Crippen molar-refractivity contribution in [1.82, 2.24) is 0 Å². The summed E-state index contributed by atoms with van der Waals surface area (Å²) in [5, 5.41) is 82.1. The highest BCUT2D eigenvalue weighted by atomic mass is 35.5. The predicted octanol–water partition coefficient (Wildman–Crippen LogP) is 22.1. The highest BCUT2D eigenvalue weighted by Gasteiger charge is 2.22. The lowest BCUT2D eigenvalue weighted by Crippen LogP contribution is -1.86. The Labute approximate surface area is 514 Å². The molecule has 0 aromatic heterocycles. The molecule has 0 atom stereocenters. The van der Waals surface area contributed by atoms with Crippen molar-refractivity contribution < 1.29 is 40.9 Å². The van der Waals surface area contributed by atoms with Crippen LogP contribution in [0.25, 0.3) is 0 Å². The molecule has 0 aliphatic rings. The molecule has 24 heteroatoms. The SMILES string of the molecule is Cc1cc(Cl)c(O)c(Sc2c(O)c(Cl)cc(Cl)c2Cl)c1Cl.Cc1cc(Cl)c(O)c(Sc2cc(Cl)cc(Cl)c2O)c1.Cc1cc(Cl)c(O)c(Sc2cc(Cl)cc(Cl)c2O)c1.Cc1ccc(O)c(Sc2cc(Cl)ccc2O)c1. The number of hydrogen-bond acceptors (Lipinski definition) is 12. The Morgan fingerprint density at radius 3 is 1.09 bits per heavy atom. The minimum absolute atomic E-state index is 0.0345. The molecule has 0 amide bonds. The fraction of sp³-hybridized carbons (Fsp3) is 0.0769. The molecule has 0 radical (unpaired) electrons. The van der Waals surface area contributed by atoms with Crippen LogP contribution in [0.15, 0.2) is 136 Å².